The van der Waals surface area contributed by atoms with Crippen LogP contribution in [0.1, 0.15) is 32.2 Å². The zero-order valence-electron chi connectivity index (χ0n) is 12.3. The minimum atomic E-state index is -3.90. The Morgan fingerprint density at radius 3 is 2.29 bits per heavy atom. The van der Waals surface area contributed by atoms with E-state index in [1.807, 2.05) is 32.9 Å². The van der Waals surface area contributed by atoms with Crippen LogP contribution in [-0.2, 0) is 28.4 Å². The third kappa shape index (κ3) is 3.64. The molecule has 2 aromatic heterocycles. The second-order valence-corrected chi connectivity index (χ2v) is 7.26. The Kier molecular flexibility index (Phi) is 4.11. The Morgan fingerprint density at radius 2 is 1.76 bits per heavy atom. The molecule has 21 heavy (non-hydrogen) atoms. The molecular weight excluding hydrogens is 290 g/mol. The third-order valence-electron chi connectivity index (χ3n) is 3.01. The van der Waals surface area contributed by atoms with E-state index in [2.05, 4.69) is 15.2 Å². The highest BCUT2D eigenvalue weighted by Crippen LogP contribution is 2.21. The molecule has 8 heteroatoms. The van der Waals surface area contributed by atoms with Crippen LogP contribution in [0.4, 0.5) is 0 Å². The number of rotatable bonds is 4. The van der Waals surface area contributed by atoms with Crippen LogP contribution in [0.15, 0.2) is 29.7 Å². The molecule has 0 aliphatic rings. The maximum atomic E-state index is 11.6. The Bertz CT molecular complexity index is 717. The van der Waals surface area contributed by atoms with Crippen molar-refractivity contribution in [3.05, 3.63) is 35.9 Å². The molecule has 0 saturated carbocycles. The summed E-state index contributed by atoms with van der Waals surface area (Å²) in [6, 6.07) is 3.83. The summed E-state index contributed by atoms with van der Waals surface area (Å²) in [4.78, 5) is 3.96. The van der Waals surface area contributed by atoms with Crippen LogP contribution in [-0.4, -0.2) is 28.2 Å². The van der Waals surface area contributed by atoms with Gasteiger partial charge in [-0.3, -0.25) is 9.55 Å². The average Bonchev–Trinajstić information content (AvgIpc) is 2.81. The van der Waals surface area contributed by atoms with Gasteiger partial charge in [0.05, 0.1) is 0 Å². The fraction of sp³-hybridized carbons (Fsp3) is 0.462. The number of nitrogens with zero attached hydrogens (tertiary/aromatic N) is 4. The number of aromatic nitrogens is 4. The van der Waals surface area contributed by atoms with Crippen LogP contribution < -0.4 is 5.14 Å². The zero-order chi connectivity index (χ0) is 15.7. The Morgan fingerprint density at radius 1 is 1.14 bits per heavy atom. The highest BCUT2D eigenvalue weighted by molar-refractivity contribution is 7.89. The normalized spacial score (nSPS) is 12.6. The SMILES string of the molecule is CC(C)(C)n1c(CCc2ccncc2)nnc1S(N)(=O)=O. The molecule has 0 aliphatic carbocycles. The lowest BCUT2D eigenvalue weighted by Crippen LogP contribution is -2.30. The van der Waals surface area contributed by atoms with Gasteiger partial charge in [-0.1, -0.05) is 0 Å². The van der Waals surface area contributed by atoms with Crippen molar-refractivity contribution in [2.75, 3.05) is 0 Å². The van der Waals surface area contributed by atoms with Crippen molar-refractivity contribution in [2.45, 2.75) is 44.3 Å². The van der Waals surface area contributed by atoms with Gasteiger partial charge in [0.2, 0.25) is 0 Å². The predicted molar refractivity (Wildman–Crippen MR) is 78.0 cm³/mol. The summed E-state index contributed by atoms with van der Waals surface area (Å²) in [5.41, 5.74) is 0.629. The molecule has 0 amide bonds. The van der Waals surface area contributed by atoms with E-state index in [0.717, 1.165) is 12.0 Å². The lowest BCUT2D eigenvalue weighted by atomic mass is 10.1. The minimum Gasteiger partial charge on any atom is -0.295 e. The van der Waals surface area contributed by atoms with Gasteiger partial charge in [-0.2, -0.15) is 0 Å². The first-order chi connectivity index (χ1) is 9.69. The van der Waals surface area contributed by atoms with E-state index < -0.39 is 15.6 Å². The van der Waals surface area contributed by atoms with E-state index in [9.17, 15) is 8.42 Å². The number of hydrogen-bond acceptors (Lipinski definition) is 5. The van der Waals surface area contributed by atoms with Gasteiger partial charge >= 0.3 is 0 Å². The molecule has 2 N–H and O–H groups in total. The van der Waals surface area contributed by atoms with Gasteiger partial charge < -0.3 is 0 Å². The first-order valence-electron chi connectivity index (χ1n) is 6.56. The molecule has 0 unspecified atom stereocenters. The van der Waals surface area contributed by atoms with E-state index in [4.69, 9.17) is 5.14 Å². The minimum absolute atomic E-state index is 0.195. The maximum Gasteiger partial charge on any atom is 0.273 e. The molecule has 7 nitrogen and oxygen atoms in total. The summed E-state index contributed by atoms with van der Waals surface area (Å²) < 4.78 is 24.9. The lowest BCUT2D eigenvalue weighted by Gasteiger charge is -2.24. The summed E-state index contributed by atoms with van der Waals surface area (Å²) in [7, 11) is -3.90. The van der Waals surface area contributed by atoms with Crippen molar-refractivity contribution < 1.29 is 8.42 Å². The standard InChI is InChI=1S/C13H19N5O2S/c1-13(2,3)18-11(16-17-12(18)21(14,19)20)5-4-10-6-8-15-9-7-10/h6-9H,4-5H2,1-3H3,(H2,14,19,20). The van der Waals surface area contributed by atoms with E-state index in [1.54, 1.807) is 17.0 Å². The summed E-state index contributed by atoms with van der Waals surface area (Å²) in [6.45, 7) is 5.67. The predicted octanol–water partition coefficient (Wildman–Crippen LogP) is 0.861. The number of primary sulfonamides is 1. The van der Waals surface area contributed by atoms with Gasteiger partial charge in [-0.15, -0.1) is 10.2 Å². The van der Waals surface area contributed by atoms with Gasteiger partial charge in [0.15, 0.2) is 0 Å². The summed E-state index contributed by atoms with van der Waals surface area (Å²) in [5.74, 6) is 0.600. The smallest absolute Gasteiger partial charge is 0.273 e. The Labute approximate surface area is 124 Å². The summed E-state index contributed by atoms with van der Waals surface area (Å²) in [5, 5.41) is 12.8. The lowest BCUT2D eigenvalue weighted by molar-refractivity contribution is 0.349. The maximum absolute atomic E-state index is 11.6. The number of aryl methyl sites for hydroxylation is 2. The van der Waals surface area contributed by atoms with Crippen molar-refractivity contribution in [1.29, 1.82) is 0 Å². The van der Waals surface area contributed by atoms with E-state index >= 15 is 0 Å². The quantitative estimate of drug-likeness (QED) is 0.902. The van der Waals surface area contributed by atoms with Crippen LogP contribution in [0, 0.1) is 0 Å². The first kappa shape index (κ1) is 15.6. The number of sulfonamides is 1. The van der Waals surface area contributed by atoms with Crippen LogP contribution in [0.5, 0.6) is 0 Å². The first-order valence-corrected chi connectivity index (χ1v) is 8.11. The van der Waals surface area contributed by atoms with Crippen molar-refractivity contribution in [3.8, 4) is 0 Å². The molecular formula is C13H19N5O2S. The van der Waals surface area contributed by atoms with E-state index in [-0.39, 0.29) is 5.16 Å². The van der Waals surface area contributed by atoms with Gasteiger partial charge in [0.1, 0.15) is 5.82 Å². The van der Waals surface area contributed by atoms with Crippen LogP contribution in [0.2, 0.25) is 0 Å². The van der Waals surface area contributed by atoms with Crippen LogP contribution in [0.25, 0.3) is 0 Å². The van der Waals surface area contributed by atoms with Crippen molar-refractivity contribution >= 4 is 10.0 Å². The topological polar surface area (TPSA) is 104 Å². The van der Waals surface area contributed by atoms with Crippen LogP contribution >= 0.6 is 0 Å². The average molecular weight is 309 g/mol. The van der Waals surface area contributed by atoms with Crippen LogP contribution in [0.3, 0.4) is 0 Å². The van der Waals surface area contributed by atoms with Gasteiger partial charge in [0, 0.05) is 24.4 Å². The molecule has 0 aromatic carbocycles. The molecule has 0 bridgehead atoms. The van der Waals surface area contributed by atoms with Gasteiger partial charge in [-0.25, -0.2) is 13.6 Å². The summed E-state index contributed by atoms with van der Waals surface area (Å²) in [6.07, 6.45) is 4.74. The highest BCUT2D eigenvalue weighted by atomic mass is 32.2. The van der Waals surface area contributed by atoms with Crippen molar-refractivity contribution in [1.82, 2.24) is 19.7 Å². The molecule has 0 saturated heterocycles. The fourth-order valence-corrected chi connectivity index (χ4v) is 2.91. The molecule has 0 spiro atoms. The second-order valence-electron chi connectivity index (χ2n) is 5.81. The van der Waals surface area contributed by atoms with Crippen molar-refractivity contribution in [2.24, 2.45) is 5.14 Å². The fourth-order valence-electron chi connectivity index (χ4n) is 2.13. The number of pyridine rings is 1. The Balaban J connectivity index is 2.34. The van der Waals surface area contributed by atoms with Gasteiger partial charge in [-0.05, 0) is 44.9 Å². The molecule has 0 atom stereocenters. The third-order valence-corrected chi connectivity index (χ3v) is 3.79. The Hall–Kier alpha value is -1.80. The van der Waals surface area contributed by atoms with Gasteiger partial charge in [0.25, 0.3) is 15.2 Å². The van der Waals surface area contributed by atoms with E-state index in [1.165, 1.54) is 0 Å². The number of hydrogen-bond donors (Lipinski definition) is 1. The second kappa shape index (κ2) is 5.53. The number of nitrogens with two attached hydrogens (primary N) is 1. The zero-order valence-corrected chi connectivity index (χ0v) is 13.1. The summed E-state index contributed by atoms with van der Waals surface area (Å²) >= 11 is 0. The largest absolute Gasteiger partial charge is 0.295 e. The molecule has 0 fully saturated rings. The highest BCUT2D eigenvalue weighted by Gasteiger charge is 2.28. The molecule has 0 aliphatic heterocycles. The molecule has 0 radical (unpaired) electrons. The molecule has 2 aromatic rings. The van der Waals surface area contributed by atoms with Crippen molar-refractivity contribution in [3.63, 3.8) is 0 Å². The molecule has 2 rings (SSSR count). The molecule has 2 heterocycles. The monoisotopic (exact) mass is 309 g/mol. The molecule has 114 valence electrons. The van der Waals surface area contributed by atoms with E-state index in [0.29, 0.717) is 12.2 Å².